The molecule has 11 heteroatoms. The maximum atomic E-state index is 9.19. The van der Waals surface area contributed by atoms with Gasteiger partial charge in [0.2, 0.25) is 0 Å². The van der Waals surface area contributed by atoms with Gasteiger partial charge < -0.3 is 10.6 Å². The van der Waals surface area contributed by atoms with E-state index in [1.165, 1.54) is 16.7 Å². The van der Waals surface area contributed by atoms with Crippen molar-refractivity contribution in [2.45, 2.75) is 28.2 Å². The number of nitrogens with one attached hydrogen (secondary N) is 2. The fourth-order valence-corrected chi connectivity index (χ4v) is 2.48. The van der Waals surface area contributed by atoms with E-state index in [0.29, 0.717) is 12.5 Å². The highest BCUT2D eigenvalue weighted by molar-refractivity contribution is 7.85. The first-order chi connectivity index (χ1) is 15.1. The van der Waals surface area contributed by atoms with Gasteiger partial charge in [-0.25, -0.2) is 4.98 Å². The van der Waals surface area contributed by atoms with Gasteiger partial charge in [-0.15, -0.1) is 0 Å². The Balaban J connectivity index is 0.000000841. The summed E-state index contributed by atoms with van der Waals surface area (Å²) in [4.78, 5) is 4.80. The minimum Gasteiger partial charge on any atom is -0.340 e. The summed E-state index contributed by atoms with van der Waals surface area (Å²) in [6.45, 7) is 6.35. The number of hydrogen-bond donors (Lipinski definition) is 4. The molecular weight excluding hydrogens is 478 g/mol. The summed E-state index contributed by atoms with van der Waals surface area (Å²) in [6.07, 6.45) is 1.43. The van der Waals surface area contributed by atoms with Crippen LogP contribution in [0, 0.1) is 20.8 Å². The highest BCUT2D eigenvalue weighted by atomic mass is 32.2. The van der Waals surface area contributed by atoms with Crippen molar-refractivity contribution in [2.24, 2.45) is 0 Å². The molecule has 0 aliphatic heterocycles. The molecule has 0 saturated carbocycles. The van der Waals surface area contributed by atoms with Crippen LogP contribution in [0.2, 0.25) is 0 Å². The molecule has 3 aromatic rings. The Bertz CT molecular complexity index is 1140. The molecule has 34 heavy (non-hydrogen) atoms. The normalized spacial score (nSPS) is 10.4. The van der Waals surface area contributed by atoms with Crippen LogP contribution in [0.4, 0.5) is 23.0 Å². The molecule has 1 aromatic heterocycles. The number of aromatic nitrogens is 1. The van der Waals surface area contributed by atoms with Crippen LogP contribution in [0.1, 0.15) is 24.1 Å². The van der Waals surface area contributed by atoms with Crippen LogP contribution >= 0.6 is 0 Å². The lowest BCUT2D eigenvalue weighted by Crippen LogP contribution is -2.05. The third-order valence-electron chi connectivity index (χ3n) is 4.13. The standard InChI is InChI=1S/C20H21N3.2CH4O3S.CH4/c1-14-15(2)19(21-17-10-6-4-7-11-17)23-20(16(14)3)22-18-12-8-5-9-13-18;2*1-5(2,3)4;/h4-13H,1-3H3,(H2,21,22,23);2*1H3,(H,2,3,4);1H4. The van der Waals surface area contributed by atoms with Gasteiger partial charge in [0.1, 0.15) is 11.6 Å². The Morgan fingerprint density at radius 1 is 0.618 bits per heavy atom. The summed E-state index contributed by atoms with van der Waals surface area (Å²) in [5.74, 6) is 1.77. The van der Waals surface area contributed by atoms with Gasteiger partial charge >= 0.3 is 0 Å². The van der Waals surface area contributed by atoms with E-state index in [2.05, 4.69) is 31.4 Å². The summed E-state index contributed by atoms with van der Waals surface area (Å²) in [5.41, 5.74) is 5.67. The van der Waals surface area contributed by atoms with Gasteiger partial charge in [-0.3, -0.25) is 9.11 Å². The Morgan fingerprint density at radius 3 is 1.15 bits per heavy atom. The van der Waals surface area contributed by atoms with Crippen molar-refractivity contribution < 1.29 is 25.9 Å². The SMILES string of the molecule is C.CS(=O)(=O)O.CS(=O)(=O)O.Cc1c(Nc2ccccc2)nc(Nc2ccccc2)c(C)c1C. The first-order valence-corrected chi connectivity index (χ1v) is 13.3. The van der Waals surface area contributed by atoms with E-state index in [4.69, 9.17) is 14.1 Å². The maximum Gasteiger partial charge on any atom is 0.261 e. The van der Waals surface area contributed by atoms with Gasteiger partial charge in [0.05, 0.1) is 12.5 Å². The molecule has 0 radical (unpaired) electrons. The monoisotopic (exact) mass is 511 g/mol. The molecule has 0 amide bonds. The van der Waals surface area contributed by atoms with Gasteiger partial charge in [-0.05, 0) is 61.7 Å². The predicted octanol–water partition coefficient (Wildman–Crippen LogP) is 5.14. The number of benzene rings is 2. The van der Waals surface area contributed by atoms with E-state index in [-0.39, 0.29) is 7.43 Å². The first kappa shape index (κ1) is 31.0. The van der Waals surface area contributed by atoms with E-state index in [0.717, 1.165) is 23.0 Å². The number of anilines is 4. The van der Waals surface area contributed by atoms with Crippen molar-refractivity contribution in [3.8, 4) is 0 Å². The molecule has 0 fully saturated rings. The van der Waals surface area contributed by atoms with E-state index >= 15 is 0 Å². The summed E-state index contributed by atoms with van der Waals surface area (Å²) in [7, 11) is -7.33. The van der Waals surface area contributed by atoms with Crippen molar-refractivity contribution in [2.75, 3.05) is 23.1 Å². The summed E-state index contributed by atoms with van der Waals surface area (Å²) in [6, 6.07) is 20.2. The molecule has 1 heterocycles. The molecule has 0 unspecified atom stereocenters. The fourth-order valence-electron chi connectivity index (χ4n) is 2.48. The molecule has 3 rings (SSSR count). The second-order valence-corrected chi connectivity index (χ2v) is 10.1. The van der Waals surface area contributed by atoms with Crippen molar-refractivity contribution in [3.63, 3.8) is 0 Å². The average Bonchev–Trinajstić information content (AvgIpc) is 2.69. The minimum absolute atomic E-state index is 0. The largest absolute Gasteiger partial charge is 0.340 e. The molecule has 0 atom stereocenters. The molecule has 0 aliphatic rings. The zero-order valence-corrected chi connectivity index (χ0v) is 20.7. The second kappa shape index (κ2) is 13.7. The quantitative estimate of drug-likeness (QED) is 0.350. The third-order valence-corrected chi connectivity index (χ3v) is 4.13. The lowest BCUT2D eigenvalue weighted by molar-refractivity contribution is 0.488. The second-order valence-electron chi connectivity index (χ2n) is 7.13. The van der Waals surface area contributed by atoms with Crippen LogP contribution in [0.25, 0.3) is 0 Å². The first-order valence-electron chi connectivity index (χ1n) is 9.62. The van der Waals surface area contributed by atoms with Crippen molar-refractivity contribution >= 4 is 43.2 Å². The van der Waals surface area contributed by atoms with E-state index in [9.17, 15) is 16.8 Å². The number of para-hydroxylation sites is 2. The molecule has 4 N–H and O–H groups in total. The predicted molar refractivity (Wildman–Crippen MR) is 140 cm³/mol. The average molecular weight is 512 g/mol. The minimum atomic E-state index is -3.67. The van der Waals surface area contributed by atoms with Gasteiger partial charge in [0.15, 0.2) is 0 Å². The Labute approximate surface area is 202 Å². The third kappa shape index (κ3) is 13.5. The maximum absolute atomic E-state index is 9.19. The van der Waals surface area contributed by atoms with Gasteiger partial charge in [-0.1, -0.05) is 43.8 Å². The van der Waals surface area contributed by atoms with E-state index in [1.54, 1.807) is 0 Å². The highest BCUT2D eigenvalue weighted by Gasteiger charge is 2.12. The van der Waals surface area contributed by atoms with Crippen LogP contribution in [-0.2, 0) is 20.2 Å². The molecule has 0 bridgehead atoms. The van der Waals surface area contributed by atoms with E-state index in [1.807, 2.05) is 60.7 Å². The summed E-state index contributed by atoms with van der Waals surface area (Å²) < 4.78 is 51.7. The zero-order chi connectivity index (χ0) is 25.2. The topological polar surface area (TPSA) is 146 Å². The molecule has 0 aliphatic carbocycles. The molecule has 0 saturated heterocycles. The molecule has 0 spiro atoms. The summed E-state index contributed by atoms with van der Waals surface area (Å²) >= 11 is 0. The van der Waals surface area contributed by atoms with Crippen molar-refractivity contribution in [1.29, 1.82) is 0 Å². The molecule has 9 nitrogen and oxygen atoms in total. The van der Waals surface area contributed by atoms with Crippen LogP contribution < -0.4 is 10.6 Å². The zero-order valence-electron chi connectivity index (χ0n) is 19.1. The van der Waals surface area contributed by atoms with Crippen molar-refractivity contribution in [1.82, 2.24) is 4.98 Å². The Morgan fingerprint density at radius 2 is 0.882 bits per heavy atom. The molecular formula is C23H33N3O6S2. The van der Waals surface area contributed by atoms with Crippen molar-refractivity contribution in [3.05, 3.63) is 77.4 Å². The van der Waals surface area contributed by atoms with Gasteiger partial charge in [-0.2, -0.15) is 16.8 Å². The van der Waals surface area contributed by atoms with E-state index < -0.39 is 20.2 Å². The Kier molecular flexibility index (Phi) is 12.5. The fraction of sp³-hybridized carbons (Fsp3) is 0.261. The number of nitrogens with zero attached hydrogens (tertiary/aromatic N) is 1. The number of hydrogen-bond acceptors (Lipinski definition) is 7. The smallest absolute Gasteiger partial charge is 0.261 e. The van der Waals surface area contributed by atoms with Gasteiger partial charge in [0, 0.05) is 11.4 Å². The van der Waals surface area contributed by atoms with Crippen LogP contribution in [0.3, 0.4) is 0 Å². The molecule has 2 aromatic carbocycles. The lowest BCUT2D eigenvalue weighted by atomic mass is 10.1. The number of pyridine rings is 1. The highest BCUT2D eigenvalue weighted by Crippen LogP contribution is 2.29. The van der Waals surface area contributed by atoms with Crippen LogP contribution in [0.5, 0.6) is 0 Å². The molecule has 188 valence electrons. The van der Waals surface area contributed by atoms with Crippen LogP contribution in [-0.4, -0.2) is 43.4 Å². The lowest BCUT2D eigenvalue weighted by Gasteiger charge is -2.17. The summed E-state index contributed by atoms with van der Waals surface area (Å²) in [5, 5.41) is 6.83. The van der Waals surface area contributed by atoms with Crippen LogP contribution in [0.15, 0.2) is 60.7 Å². The Hall–Kier alpha value is -2.99. The van der Waals surface area contributed by atoms with Gasteiger partial charge in [0.25, 0.3) is 20.2 Å². The number of rotatable bonds is 4.